The van der Waals surface area contributed by atoms with Crippen molar-refractivity contribution in [2.75, 3.05) is 27.2 Å². The lowest BCUT2D eigenvalue weighted by atomic mass is 9.82. The van der Waals surface area contributed by atoms with Crippen LogP contribution in [0.5, 0.6) is 5.75 Å². The van der Waals surface area contributed by atoms with Crippen LogP contribution in [0.2, 0.25) is 0 Å². The quantitative estimate of drug-likeness (QED) is 0.624. The fraction of sp³-hybridized carbons (Fsp3) is 0.391. The van der Waals surface area contributed by atoms with Crippen LogP contribution in [0, 0.1) is 0 Å². The molecule has 3 nitrogen and oxygen atoms in total. The first-order valence-electron chi connectivity index (χ1n) is 9.55. The summed E-state index contributed by atoms with van der Waals surface area (Å²) >= 11 is 0. The summed E-state index contributed by atoms with van der Waals surface area (Å²) in [6, 6.07) is 15.1. The number of hydrogen-bond donors (Lipinski definition) is 0. The van der Waals surface area contributed by atoms with Crippen molar-refractivity contribution < 1.29 is 9.15 Å². The molecule has 0 bridgehead atoms. The predicted octanol–water partition coefficient (Wildman–Crippen LogP) is 5.04. The molecule has 0 fully saturated rings. The average Bonchev–Trinajstić information content (AvgIpc) is 3.14. The maximum absolute atomic E-state index is 5.58. The monoisotopic (exact) mass is 349 g/mol. The van der Waals surface area contributed by atoms with Gasteiger partial charge in [0.25, 0.3) is 0 Å². The SMILES string of the molecule is COc1cccc2c1CCCC2CN(C)CCc1ccc2ccoc2c1. The smallest absolute Gasteiger partial charge is 0.134 e. The Bertz CT molecular complexity index is 883. The van der Waals surface area contributed by atoms with Gasteiger partial charge in [-0.2, -0.15) is 0 Å². The zero-order valence-corrected chi connectivity index (χ0v) is 15.7. The van der Waals surface area contributed by atoms with Crippen molar-refractivity contribution in [3.63, 3.8) is 0 Å². The fourth-order valence-electron chi connectivity index (χ4n) is 4.24. The van der Waals surface area contributed by atoms with Crippen LogP contribution in [0.3, 0.4) is 0 Å². The van der Waals surface area contributed by atoms with Gasteiger partial charge in [0.05, 0.1) is 13.4 Å². The molecule has 1 atom stereocenters. The maximum atomic E-state index is 5.58. The van der Waals surface area contributed by atoms with Gasteiger partial charge >= 0.3 is 0 Å². The number of likely N-dealkylation sites (N-methyl/N-ethyl adjacent to an activating group) is 1. The number of nitrogens with zero attached hydrogens (tertiary/aromatic N) is 1. The minimum atomic E-state index is 0.603. The highest BCUT2D eigenvalue weighted by molar-refractivity contribution is 5.77. The summed E-state index contributed by atoms with van der Waals surface area (Å²) in [7, 11) is 4.01. The van der Waals surface area contributed by atoms with E-state index in [4.69, 9.17) is 9.15 Å². The summed E-state index contributed by atoms with van der Waals surface area (Å²) in [5.41, 5.74) is 5.23. The van der Waals surface area contributed by atoms with E-state index in [-0.39, 0.29) is 0 Å². The molecule has 1 aliphatic rings. The van der Waals surface area contributed by atoms with E-state index in [2.05, 4.69) is 48.3 Å². The Morgan fingerprint density at radius 1 is 1.19 bits per heavy atom. The molecule has 3 heteroatoms. The Kier molecular flexibility index (Phi) is 4.98. The molecule has 0 saturated heterocycles. The molecule has 1 aromatic heterocycles. The second-order valence-corrected chi connectivity index (χ2v) is 7.42. The van der Waals surface area contributed by atoms with E-state index >= 15 is 0 Å². The minimum Gasteiger partial charge on any atom is -0.496 e. The van der Waals surface area contributed by atoms with Gasteiger partial charge in [0, 0.05) is 18.5 Å². The van der Waals surface area contributed by atoms with Gasteiger partial charge in [-0.3, -0.25) is 0 Å². The molecular weight excluding hydrogens is 322 g/mol. The second-order valence-electron chi connectivity index (χ2n) is 7.42. The van der Waals surface area contributed by atoms with Crippen molar-refractivity contribution >= 4 is 11.0 Å². The largest absolute Gasteiger partial charge is 0.496 e. The number of furan rings is 1. The zero-order valence-electron chi connectivity index (χ0n) is 15.7. The van der Waals surface area contributed by atoms with Crippen molar-refractivity contribution in [3.8, 4) is 5.75 Å². The molecule has 26 heavy (non-hydrogen) atoms. The van der Waals surface area contributed by atoms with Crippen molar-refractivity contribution in [1.82, 2.24) is 4.90 Å². The molecule has 0 N–H and O–H groups in total. The lowest BCUT2D eigenvalue weighted by Gasteiger charge is -2.30. The van der Waals surface area contributed by atoms with Crippen molar-refractivity contribution in [2.24, 2.45) is 0 Å². The lowest BCUT2D eigenvalue weighted by Crippen LogP contribution is -2.28. The van der Waals surface area contributed by atoms with Crippen LogP contribution < -0.4 is 4.74 Å². The van der Waals surface area contributed by atoms with Gasteiger partial charge in [-0.25, -0.2) is 0 Å². The average molecular weight is 349 g/mol. The highest BCUT2D eigenvalue weighted by Gasteiger charge is 2.23. The molecule has 136 valence electrons. The predicted molar refractivity (Wildman–Crippen MR) is 106 cm³/mol. The fourth-order valence-corrected chi connectivity index (χ4v) is 4.24. The molecule has 1 heterocycles. The summed E-state index contributed by atoms with van der Waals surface area (Å²) in [5, 5.41) is 1.18. The van der Waals surface area contributed by atoms with E-state index in [1.807, 2.05) is 6.07 Å². The number of hydrogen-bond acceptors (Lipinski definition) is 3. The minimum absolute atomic E-state index is 0.603. The molecular formula is C23H27NO2. The van der Waals surface area contributed by atoms with Gasteiger partial charge in [0.1, 0.15) is 11.3 Å². The van der Waals surface area contributed by atoms with Gasteiger partial charge < -0.3 is 14.1 Å². The number of rotatable bonds is 6. The Morgan fingerprint density at radius 3 is 3.00 bits per heavy atom. The standard InChI is InChI=1S/C23H27NO2/c1-24(13-11-17-9-10-18-12-14-26-23(18)15-17)16-19-5-3-7-21-20(19)6-4-8-22(21)25-2/h4,6,8-10,12,14-15,19H,3,5,7,11,13,16H2,1-2H3. The topological polar surface area (TPSA) is 25.6 Å². The van der Waals surface area contributed by atoms with Crippen molar-refractivity contribution in [2.45, 2.75) is 31.6 Å². The third kappa shape index (κ3) is 3.49. The summed E-state index contributed by atoms with van der Waals surface area (Å²) in [6.07, 6.45) is 6.47. The summed E-state index contributed by atoms with van der Waals surface area (Å²) in [4.78, 5) is 2.46. The first-order chi connectivity index (χ1) is 12.7. The van der Waals surface area contributed by atoms with Crippen LogP contribution in [0.15, 0.2) is 53.1 Å². The molecule has 1 unspecified atom stereocenters. The third-order valence-electron chi connectivity index (χ3n) is 5.64. The third-order valence-corrected chi connectivity index (χ3v) is 5.64. The molecule has 4 rings (SSSR count). The summed E-state index contributed by atoms with van der Waals surface area (Å²) < 4.78 is 11.1. The number of fused-ring (bicyclic) bond motifs is 2. The van der Waals surface area contributed by atoms with E-state index in [1.165, 1.54) is 34.9 Å². The van der Waals surface area contributed by atoms with E-state index in [1.54, 1.807) is 13.4 Å². The van der Waals surface area contributed by atoms with E-state index < -0.39 is 0 Å². The van der Waals surface area contributed by atoms with Gasteiger partial charge in [-0.05, 0) is 73.5 Å². The zero-order chi connectivity index (χ0) is 17.9. The Hall–Kier alpha value is -2.26. The summed E-state index contributed by atoms with van der Waals surface area (Å²) in [5.74, 6) is 1.66. The highest BCUT2D eigenvalue weighted by atomic mass is 16.5. The second kappa shape index (κ2) is 7.55. The van der Waals surface area contributed by atoms with Crippen molar-refractivity contribution in [1.29, 1.82) is 0 Å². The first-order valence-corrected chi connectivity index (χ1v) is 9.55. The van der Waals surface area contributed by atoms with Gasteiger partial charge in [0.2, 0.25) is 0 Å². The molecule has 0 saturated carbocycles. The van der Waals surface area contributed by atoms with Crippen LogP contribution in [0.4, 0.5) is 0 Å². The molecule has 3 aromatic rings. The number of benzene rings is 2. The normalized spacial score (nSPS) is 16.8. The Balaban J connectivity index is 1.40. The lowest BCUT2D eigenvalue weighted by molar-refractivity contribution is 0.299. The van der Waals surface area contributed by atoms with Gasteiger partial charge in [-0.1, -0.05) is 24.3 Å². The van der Waals surface area contributed by atoms with E-state index in [9.17, 15) is 0 Å². The van der Waals surface area contributed by atoms with E-state index in [0.29, 0.717) is 5.92 Å². The van der Waals surface area contributed by atoms with Crippen LogP contribution in [0.25, 0.3) is 11.0 Å². The molecule has 0 spiro atoms. The molecule has 2 aromatic carbocycles. The highest BCUT2D eigenvalue weighted by Crippen LogP contribution is 2.36. The van der Waals surface area contributed by atoms with Crippen LogP contribution in [-0.4, -0.2) is 32.1 Å². The molecule has 0 radical (unpaired) electrons. The summed E-state index contributed by atoms with van der Waals surface area (Å²) in [6.45, 7) is 2.16. The Morgan fingerprint density at radius 2 is 2.12 bits per heavy atom. The maximum Gasteiger partial charge on any atom is 0.134 e. The first kappa shape index (κ1) is 17.2. The van der Waals surface area contributed by atoms with Gasteiger partial charge in [0.15, 0.2) is 0 Å². The molecule has 0 aliphatic heterocycles. The van der Waals surface area contributed by atoms with Crippen LogP contribution in [0.1, 0.15) is 35.4 Å². The molecule has 1 aliphatic carbocycles. The number of ether oxygens (including phenoxy) is 1. The van der Waals surface area contributed by atoms with Gasteiger partial charge in [-0.15, -0.1) is 0 Å². The van der Waals surface area contributed by atoms with E-state index in [0.717, 1.165) is 37.3 Å². The number of methoxy groups -OCH3 is 1. The van der Waals surface area contributed by atoms with Crippen LogP contribution >= 0.6 is 0 Å². The molecule has 0 amide bonds. The van der Waals surface area contributed by atoms with Crippen molar-refractivity contribution in [3.05, 3.63) is 65.4 Å². The Labute approximate surface area is 155 Å². The van der Waals surface area contributed by atoms with Crippen LogP contribution in [-0.2, 0) is 12.8 Å².